The summed E-state index contributed by atoms with van der Waals surface area (Å²) in [6.07, 6.45) is 0. The van der Waals surface area contributed by atoms with Gasteiger partial charge in [-0.05, 0) is 170 Å². The van der Waals surface area contributed by atoms with Crippen LogP contribution in [0.4, 0.5) is 17.1 Å². The third-order valence-corrected chi connectivity index (χ3v) is 17.7. The van der Waals surface area contributed by atoms with Crippen molar-refractivity contribution in [2.24, 2.45) is 0 Å². The number of rotatable bonds is 9. The van der Waals surface area contributed by atoms with E-state index in [-0.39, 0.29) is 11.0 Å². The first-order valence-corrected chi connectivity index (χ1v) is 28.7. The summed E-state index contributed by atoms with van der Waals surface area (Å²) in [6.45, 7) is 9.16. The van der Waals surface area contributed by atoms with Gasteiger partial charge in [-0.3, -0.25) is 18.7 Å². The molecule has 0 bridgehead atoms. The van der Waals surface area contributed by atoms with Crippen LogP contribution in [0.25, 0.3) is 89.1 Å². The topological polar surface area (TPSA) is 91.2 Å². The van der Waals surface area contributed by atoms with E-state index >= 15 is 4.79 Å². The average molecular weight is 1100 g/mol. The van der Waals surface area contributed by atoms with E-state index in [2.05, 4.69) is 136 Å². The van der Waals surface area contributed by atoms with Crippen LogP contribution in [-0.2, 0) is 10.8 Å². The van der Waals surface area contributed by atoms with E-state index in [4.69, 9.17) is 0 Å². The highest BCUT2D eigenvalue weighted by Crippen LogP contribution is 2.55. The summed E-state index contributed by atoms with van der Waals surface area (Å²) < 4.78 is 5.77. The fraction of sp³-hybridized carbons (Fsp3) is 0.0789. The number of anilines is 3. The van der Waals surface area contributed by atoms with Crippen molar-refractivity contribution in [1.29, 1.82) is 0 Å². The molecule has 11 aromatic carbocycles. The molecule has 2 aromatic heterocycles. The van der Waals surface area contributed by atoms with Crippen LogP contribution in [0.5, 0.6) is 0 Å². The van der Waals surface area contributed by atoms with Gasteiger partial charge in [0, 0.05) is 27.9 Å². The zero-order valence-corrected chi connectivity index (χ0v) is 47.2. The van der Waals surface area contributed by atoms with Crippen molar-refractivity contribution < 1.29 is 0 Å². The summed E-state index contributed by atoms with van der Waals surface area (Å²) in [4.78, 5) is 60.6. The van der Waals surface area contributed by atoms with Gasteiger partial charge in [-0.2, -0.15) is 0 Å². The first kappa shape index (κ1) is 51.0. The van der Waals surface area contributed by atoms with Gasteiger partial charge in [-0.15, -0.1) is 0 Å². The SMILES string of the molecule is CC1(C)c2ccccc2-c2ccc(N(c3ccc4c(c3)C(C)(C)c3cccc(-c5ccc(-c6ccc7c(c6)c(=O)n(-c6ccccc6)c(=O)n7-c6ccccc6)cc5)c3-4)c3ccc4c(c3)c(=O)n(-c3ccccc3)c(=O)n4-c3ccccc3)cc21. The molecular weight excluding hydrogens is 1050 g/mol. The normalized spacial score (nSPS) is 13.3. The summed E-state index contributed by atoms with van der Waals surface area (Å²) in [7, 11) is 0. The van der Waals surface area contributed by atoms with Crippen LogP contribution < -0.4 is 27.4 Å². The van der Waals surface area contributed by atoms with Crippen molar-refractivity contribution in [3.05, 3.63) is 325 Å². The second kappa shape index (κ2) is 19.4. The van der Waals surface area contributed by atoms with E-state index in [1.54, 1.807) is 33.4 Å². The van der Waals surface area contributed by atoms with Gasteiger partial charge in [0.1, 0.15) is 0 Å². The minimum absolute atomic E-state index is 0.279. The van der Waals surface area contributed by atoms with Crippen LogP contribution in [0.3, 0.4) is 0 Å². The van der Waals surface area contributed by atoms with Crippen LogP contribution >= 0.6 is 0 Å². The summed E-state index contributed by atoms with van der Waals surface area (Å²) >= 11 is 0. The van der Waals surface area contributed by atoms with E-state index in [0.717, 1.165) is 44.9 Å². The molecule has 408 valence electrons. The van der Waals surface area contributed by atoms with Gasteiger partial charge in [0.25, 0.3) is 11.1 Å². The Bertz CT molecular complexity index is 5140. The largest absolute Gasteiger partial charge is 0.340 e. The second-order valence-corrected chi connectivity index (χ2v) is 23.2. The fourth-order valence-electron chi connectivity index (χ4n) is 13.5. The Hall–Kier alpha value is -10.9. The van der Waals surface area contributed by atoms with Crippen molar-refractivity contribution in [2.45, 2.75) is 38.5 Å². The Labute approximate surface area is 490 Å². The monoisotopic (exact) mass is 1100 g/mol. The summed E-state index contributed by atoms with van der Waals surface area (Å²) in [5, 5.41) is 0.826. The number of benzene rings is 11. The molecule has 0 saturated heterocycles. The molecule has 0 atom stereocenters. The lowest BCUT2D eigenvalue weighted by atomic mass is 9.81. The summed E-state index contributed by atoms with van der Waals surface area (Å²) in [5.74, 6) is 0. The third-order valence-electron chi connectivity index (χ3n) is 17.7. The average Bonchev–Trinajstić information content (AvgIpc) is 2.07. The van der Waals surface area contributed by atoms with Gasteiger partial charge in [0.05, 0.1) is 44.6 Å². The summed E-state index contributed by atoms with van der Waals surface area (Å²) in [5.41, 5.74) is 17.2. The van der Waals surface area contributed by atoms with E-state index in [1.807, 2.05) is 133 Å². The smallest absolute Gasteiger partial charge is 0.310 e. The zero-order chi connectivity index (χ0) is 57.9. The van der Waals surface area contributed by atoms with E-state index < -0.39 is 22.4 Å². The van der Waals surface area contributed by atoms with Crippen LogP contribution in [0.2, 0.25) is 0 Å². The number of hydrogen-bond acceptors (Lipinski definition) is 5. The molecular formula is C76H55N5O4. The lowest BCUT2D eigenvalue weighted by molar-refractivity contribution is 0.660. The highest BCUT2D eigenvalue weighted by atomic mass is 16.2. The van der Waals surface area contributed by atoms with Crippen molar-refractivity contribution in [3.63, 3.8) is 0 Å². The first-order valence-electron chi connectivity index (χ1n) is 28.7. The Morgan fingerprint density at radius 3 is 1.25 bits per heavy atom. The van der Waals surface area contributed by atoms with Crippen molar-refractivity contribution >= 4 is 38.9 Å². The Morgan fingerprint density at radius 2 is 0.682 bits per heavy atom. The molecule has 0 unspecified atom stereocenters. The molecule has 0 saturated carbocycles. The number of aromatic nitrogens is 4. The maximum atomic E-state index is 15.0. The third kappa shape index (κ3) is 7.91. The number of para-hydroxylation sites is 4. The Kier molecular flexibility index (Phi) is 11.6. The number of fused-ring (bicyclic) bond motifs is 8. The highest BCUT2D eigenvalue weighted by molar-refractivity contribution is 5.96. The minimum Gasteiger partial charge on any atom is -0.310 e. The predicted molar refractivity (Wildman–Crippen MR) is 345 cm³/mol. The van der Waals surface area contributed by atoms with Gasteiger partial charge >= 0.3 is 11.4 Å². The second-order valence-electron chi connectivity index (χ2n) is 23.2. The predicted octanol–water partition coefficient (Wildman–Crippen LogP) is 16.0. The van der Waals surface area contributed by atoms with Crippen LogP contribution in [0.15, 0.2) is 280 Å². The molecule has 0 N–H and O–H groups in total. The lowest BCUT2D eigenvalue weighted by Gasteiger charge is -2.30. The van der Waals surface area contributed by atoms with E-state index in [1.165, 1.54) is 48.1 Å². The van der Waals surface area contributed by atoms with Gasteiger partial charge < -0.3 is 4.90 Å². The van der Waals surface area contributed by atoms with Crippen LogP contribution in [0, 0.1) is 0 Å². The quantitative estimate of drug-likeness (QED) is 0.144. The fourth-order valence-corrected chi connectivity index (χ4v) is 13.5. The lowest BCUT2D eigenvalue weighted by Crippen LogP contribution is -2.38. The van der Waals surface area contributed by atoms with Crippen molar-refractivity contribution in [3.8, 4) is 67.3 Å². The molecule has 0 fully saturated rings. The van der Waals surface area contributed by atoms with Crippen LogP contribution in [0.1, 0.15) is 49.9 Å². The Morgan fingerprint density at radius 1 is 0.294 bits per heavy atom. The standard InChI is InChI=1S/C76H55N5O4/c1-75(2)64-30-18-17-28-59(64)60-40-37-56(46-66(60)75)77(55-39-43-69-63(45-55)72(83)81(54-26-15-8-16-27-54)74(85)79(69)52-22-11-6-12-23-52)57-38-41-61-67(47-57)76(3,4)65-31-19-29-58(70(61)65)49-34-32-48(33-35-49)50-36-42-68-62(44-50)71(82)80(53-24-13-7-14-25-53)73(84)78(68)51-20-9-5-10-21-51/h5-47H,1-4H3. The summed E-state index contributed by atoms with van der Waals surface area (Å²) in [6, 6.07) is 86.0. The van der Waals surface area contributed by atoms with Crippen molar-refractivity contribution in [2.75, 3.05) is 4.90 Å². The molecule has 2 aliphatic rings. The molecule has 13 aromatic rings. The first-order chi connectivity index (χ1) is 41.4. The molecule has 0 aliphatic heterocycles. The molecule has 15 rings (SSSR count). The van der Waals surface area contributed by atoms with Gasteiger partial charge in [-0.25, -0.2) is 18.7 Å². The van der Waals surface area contributed by atoms with Gasteiger partial charge in [0.15, 0.2) is 0 Å². The maximum Gasteiger partial charge on any atom is 0.340 e. The molecule has 0 radical (unpaired) electrons. The van der Waals surface area contributed by atoms with E-state index in [0.29, 0.717) is 44.6 Å². The molecule has 9 nitrogen and oxygen atoms in total. The Balaban J connectivity index is 0.860. The number of nitrogens with zero attached hydrogens (tertiary/aromatic N) is 5. The number of hydrogen-bond donors (Lipinski definition) is 0. The molecule has 0 spiro atoms. The van der Waals surface area contributed by atoms with E-state index in [9.17, 15) is 14.4 Å². The maximum absolute atomic E-state index is 15.0. The minimum atomic E-state index is -0.450. The van der Waals surface area contributed by atoms with Gasteiger partial charge in [-0.1, -0.05) is 185 Å². The van der Waals surface area contributed by atoms with Crippen LogP contribution in [-0.4, -0.2) is 18.3 Å². The molecule has 85 heavy (non-hydrogen) atoms. The molecule has 9 heteroatoms. The van der Waals surface area contributed by atoms with Crippen molar-refractivity contribution in [1.82, 2.24) is 18.3 Å². The molecule has 0 amide bonds. The molecule has 2 heterocycles. The molecule has 2 aliphatic carbocycles. The van der Waals surface area contributed by atoms with Gasteiger partial charge in [0.2, 0.25) is 0 Å². The highest BCUT2D eigenvalue weighted by Gasteiger charge is 2.39. The zero-order valence-electron chi connectivity index (χ0n) is 47.2.